The highest BCUT2D eigenvalue weighted by molar-refractivity contribution is 7.84. The number of hydrogen-bond donors (Lipinski definition) is 1. The van der Waals surface area contributed by atoms with Crippen LogP contribution in [0.3, 0.4) is 0 Å². The van der Waals surface area contributed by atoms with Gasteiger partial charge < -0.3 is 5.73 Å². The number of amides is 1. The molecule has 0 aliphatic carbocycles. The van der Waals surface area contributed by atoms with E-state index < -0.39 is 10.8 Å². The van der Waals surface area contributed by atoms with Crippen LogP contribution in [0, 0.1) is 6.92 Å². The zero-order chi connectivity index (χ0) is 16.6. The summed E-state index contributed by atoms with van der Waals surface area (Å²) in [6.07, 6.45) is 0.187. The van der Waals surface area contributed by atoms with E-state index in [9.17, 15) is 9.00 Å². The van der Waals surface area contributed by atoms with E-state index in [2.05, 4.69) is 9.97 Å². The molecule has 2 heterocycles. The fourth-order valence-electron chi connectivity index (χ4n) is 2.50. The highest BCUT2D eigenvalue weighted by atomic mass is 32.2. The number of carbonyl (C=O) groups excluding carboxylic acids is 1. The van der Waals surface area contributed by atoms with Gasteiger partial charge in [-0.3, -0.25) is 13.9 Å². The number of nitrogen functional groups attached to an aromatic ring is 1. The lowest BCUT2D eigenvalue weighted by molar-refractivity contribution is -0.117. The zero-order valence-electron chi connectivity index (χ0n) is 13.1. The number of aryl methyl sites for hydroxylation is 1. The number of rotatable bonds is 4. The molecule has 1 aromatic carbocycles. The molecular weight excluding hydrogens is 312 g/mol. The van der Waals surface area contributed by atoms with E-state index in [1.54, 1.807) is 11.8 Å². The lowest BCUT2D eigenvalue weighted by atomic mass is 10.1. The van der Waals surface area contributed by atoms with Gasteiger partial charge in [0.25, 0.3) is 0 Å². The first-order valence-electron chi connectivity index (χ1n) is 7.40. The van der Waals surface area contributed by atoms with Crippen molar-refractivity contribution >= 4 is 28.3 Å². The predicted octanol–water partition coefficient (Wildman–Crippen LogP) is 1.58. The number of nitrogens with zero attached hydrogens (tertiary/aromatic N) is 3. The lowest BCUT2D eigenvalue weighted by Crippen LogP contribution is -2.27. The third-order valence-electron chi connectivity index (χ3n) is 3.81. The van der Waals surface area contributed by atoms with Gasteiger partial charge in [0, 0.05) is 11.3 Å². The number of carbonyl (C=O) groups is 1. The van der Waals surface area contributed by atoms with Crippen molar-refractivity contribution in [1.29, 1.82) is 0 Å². The summed E-state index contributed by atoms with van der Waals surface area (Å²) in [5, 5.41) is 0.187. The molecule has 1 amide bonds. The highest BCUT2D eigenvalue weighted by Crippen LogP contribution is 2.32. The molecule has 23 heavy (non-hydrogen) atoms. The fraction of sp³-hybridized carbons (Fsp3) is 0.312. The van der Waals surface area contributed by atoms with Crippen molar-refractivity contribution in [2.24, 2.45) is 0 Å². The topological polar surface area (TPSA) is 89.2 Å². The predicted molar refractivity (Wildman–Crippen MR) is 89.5 cm³/mol. The Balaban J connectivity index is 1.98. The molecule has 0 fully saturated rings. The van der Waals surface area contributed by atoms with Crippen molar-refractivity contribution in [3.63, 3.8) is 0 Å². The van der Waals surface area contributed by atoms with Gasteiger partial charge in [0.2, 0.25) is 11.1 Å². The monoisotopic (exact) mass is 330 g/mol. The van der Waals surface area contributed by atoms with E-state index in [1.165, 1.54) is 0 Å². The van der Waals surface area contributed by atoms with Gasteiger partial charge in [-0.15, -0.1) is 0 Å². The Morgan fingerprint density at radius 3 is 2.61 bits per heavy atom. The maximum Gasteiger partial charge on any atom is 0.233 e. The number of nitrogens with two attached hydrogens (primary N) is 1. The summed E-state index contributed by atoms with van der Waals surface area (Å²) in [5.74, 6) is 1.07. The Morgan fingerprint density at radius 1 is 1.26 bits per heavy atom. The molecule has 2 aromatic rings. The third-order valence-corrected chi connectivity index (χ3v) is 4.92. The van der Waals surface area contributed by atoms with Gasteiger partial charge in [0.1, 0.15) is 11.6 Å². The normalized spacial score (nSPS) is 14.9. The first-order valence-corrected chi connectivity index (χ1v) is 8.72. The quantitative estimate of drug-likeness (QED) is 0.860. The molecule has 0 saturated carbocycles. The van der Waals surface area contributed by atoms with Crippen molar-refractivity contribution in [1.82, 2.24) is 9.97 Å². The molecular formula is C16H18N4O2S. The Labute approximate surface area is 137 Å². The first-order chi connectivity index (χ1) is 11.0. The maximum absolute atomic E-state index is 12.3. The van der Waals surface area contributed by atoms with E-state index >= 15 is 0 Å². The van der Waals surface area contributed by atoms with Crippen LogP contribution in [0.25, 0.3) is 0 Å². The summed E-state index contributed by atoms with van der Waals surface area (Å²) >= 11 is 0. The summed E-state index contributed by atoms with van der Waals surface area (Å²) in [4.78, 5) is 22.4. The second kappa shape index (κ2) is 6.08. The van der Waals surface area contributed by atoms with E-state index in [4.69, 9.17) is 5.73 Å². The molecule has 1 aliphatic rings. The first kappa shape index (κ1) is 15.6. The minimum Gasteiger partial charge on any atom is -0.383 e. The number of benzene rings is 1. The number of aromatic nitrogens is 2. The second-order valence-corrected chi connectivity index (χ2v) is 7.10. The summed E-state index contributed by atoms with van der Waals surface area (Å²) in [7, 11) is -1.31. The summed E-state index contributed by atoms with van der Waals surface area (Å²) in [6, 6.07) is 7.97. The fourth-order valence-corrected chi connectivity index (χ4v) is 3.14. The Hall–Kier alpha value is -2.28. The van der Waals surface area contributed by atoms with Crippen LogP contribution in [-0.2, 0) is 28.6 Å². The molecule has 1 unspecified atom stereocenters. The maximum atomic E-state index is 12.3. The van der Waals surface area contributed by atoms with E-state index in [-0.39, 0.29) is 23.3 Å². The van der Waals surface area contributed by atoms with Crippen molar-refractivity contribution in [2.75, 3.05) is 16.4 Å². The highest BCUT2D eigenvalue weighted by Gasteiger charge is 2.32. The SMILES string of the molecule is CCS(=O)c1nc(N)c2c(n1)N(Cc1ccc(C)cc1)C(=O)C2. The van der Waals surface area contributed by atoms with Gasteiger partial charge in [-0.1, -0.05) is 36.8 Å². The van der Waals surface area contributed by atoms with E-state index in [1.807, 2.05) is 31.2 Å². The third kappa shape index (κ3) is 2.96. The molecule has 2 N–H and O–H groups in total. The van der Waals surface area contributed by atoms with Gasteiger partial charge in [0.05, 0.1) is 23.8 Å². The number of fused-ring (bicyclic) bond motifs is 1. The Kier molecular flexibility index (Phi) is 4.12. The molecule has 0 bridgehead atoms. The Morgan fingerprint density at radius 2 is 1.96 bits per heavy atom. The molecule has 0 spiro atoms. The minimum atomic E-state index is -1.31. The summed E-state index contributed by atoms with van der Waals surface area (Å²) < 4.78 is 12.0. The van der Waals surface area contributed by atoms with Gasteiger partial charge in [-0.25, -0.2) is 9.97 Å². The van der Waals surface area contributed by atoms with Gasteiger partial charge in [-0.05, 0) is 12.5 Å². The minimum absolute atomic E-state index is 0.0685. The molecule has 1 atom stereocenters. The molecule has 0 radical (unpaired) electrons. The summed E-state index contributed by atoms with van der Waals surface area (Å²) in [6.45, 7) is 4.22. The van der Waals surface area contributed by atoms with Crippen LogP contribution >= 0.6 is 0 Å². The van der Waals surface area contributed by atoms with Gasteiger partial charge >= 0.3 is 0 Å². The molecule has 7 heteroatoms. The van der Waals surface area contributed by atoms with Crippen LogP contribution < -0.4 is 10.6 Å². The van der Waals surface area contributed by atoms with Crippen LogP contribution in [0.5, 0.6) is 0 Å². The van der Waals surface area contributed by atoms with Crippen LogP contribution in [-0.4, -0.2) is 25.8 Å². The molecule has 1 aliphatic heterocycles. The van der Waals surface area contributed by atoms with E-state index in [0.717, 1.165) is 11.1 Å². The van der Waals surface area contributed by atoms with Gasteiger partial charge in [0.15, 0.2) is 0 Å². The van der Waals surface area contributed by atoms with Crippen LogP contribution in [0.2, 0.25) is 0 Å². The van der Waals surface area contributed by atoms with Crippen molar-refractivity contribution < 1.29 is 9.00 Å². The standard InChI is InChI=1S/C16H18N4O2S/c1-3-23(22)16-18-14(17)12-8-13(21)20(15(12)19-16)9-11-6-4-10(2)5-7-11/h4-7H,3,8-9H2,1-2H3,(H2,17,18,19). The smallest absolute Gasteiger partial charge is 0.233 e. The second-order valence-electron chi connectivity index (χ2n) is 5.47. The molecule has 3 rings (SSSR count). The number of anilines is 2. The van der Waals surface area contributed by atoms with Crippen molar-refractivity contribution in [2.45, 2.75) is 32.0 Å². The van der Waals surface area contributed by atoms with E-state index in [0.29, 0.717) is 23.7 Å². The zero-order valence-corrected chi connectivity index (χ0v) is 13.9. The largest absolute Gasteiger partial charge is 0.383 e. The van der Waals surface area contributed by atoms with Gasteiger partial charge in [-0.2, -0.15) is 0 Å². The van der Waals surface area contributed by atoms with Crippen LogP contribution in [0.4, 0.5) is 11.6 Å². The Bertz CT molecular complexity index is 789. The average Bonchev–Trinajstić information content (AvgIpc) is 2.85. The van der Waals surface area contributed by atoms with Crippen molar-refractivity contribution in [3.8, 4) is 0 Å². The molecule has 1 aromatic heterocycles. The average molecular weight is 330 g/mol. The van der Waals surface area contributed by atoms with Crippen LogP contribution in [0.1, 0.15) is 23.6 Å². The lowest BCUT2D eigenvalue weighted by Gasteiger charge is -2.17. The van der Waals surface area contributed by atoms with Crippen molar-refractivity contribution in [3.05, 3.63) is 41.0 Å². The molecule has 0 saturated heterocycles. The number of hydrogen-bond acceptors (Lipinski definition) is 5. The molecule has 120 valence electrons. The van der Waals surface area contributed by atoms with Crippen LogP contribution in [0.15, 0.2) is 29.4 Å². The summed E-state index contributed by atoms with van der Waals surface area (Å²) in [5.41, 5.74) is 8.73. The molecule has 6 nitrogen and oxygen atoms in total.